The minimum atomic E-state index is -0.336. The van der Waals surface area contributed by atoms with Crippen LogP contribution in [0.1, 0.15) is 33.1 Å². The highest BCUT2D eigenvalue weighted by atomic mass is 16.2. The average molecular weight is 215 g/mol. The average Bonchev–Trinajstić information content (AvgIpc) is 2.25. The van der Waals surface area contributed by atoms with Gasteiger partial charge in [-0.05, 0) is 20.0 Å². The zero-order valence-corrected chi connectivity index (χ0v) is 10.3. The van der Waals surface area contributed by atoms with Crippen LogP contribution in [0.5, 0.6) is 0 Å². The molecule has 0 aromatic rings. The second-order valence-electron chi connectivity index (χ2n) is 3.94. The van der Waals surface area contributed by atoms with E-state index in [1.54, 1.807) is 0 Å². The van der Waals surface area contributed by atoms with Crippen molar-refractivity contribution in [1.29, 1.82) is 0 Å². The fraction of sp³-hybridized carbons (Fsp3) is 0.909. The van der Waals surface area contributed by atoms with Crippen LogP contribution in [0, 0.1) is 0 Å². The Balaban J connectivity index is 3.55. The van der Waals surface area contributed by atoms with Gasteiger partial charge in [-0.15, -0.1) is 0 Å². The molecule has 4 heteroatoms. The Hall–Kier alpha value is -0.610. The largest absolute Gasteiger partial charge is 0.353 e. The van der Waals surface area contributed by atoms with Gasteiger partial charge >= 0.3 is 0 Å². The quantitative estimate of drug-likeness (QED) is 0.622. The molecule has 0 aromatic heterocycles. The Kier molecular flexibility index (Phi) is 8.33. The molecule has 1 amide bonds. The van der Waals surface area contributed by atoms with E-state index in [1.807, 2.05) is 7.05 Å². The number of unbranched alkanes of at least 4 members (excludes halogenated alkanes) is 1. The number of nitrogens with two attached hydrogens (primary N) is 1. The second kappa shape index (κ2) is 8.68. The number of carbonyl (C=O) groups is 1. The van der Waals surface area contributed by atoms with E-state index in [1.165, 1.54) is 0 Å². The van der Waals surface area contributed by atoms with Gasteiger partial charge in [0.25, 0.3) is 0 Å². The molecule has 0 bridgehead atoms. The molecule has 0 fully saturated rings. The number of nitrogens with zero attached hydrogens (tertiary/aromatic N) is 1. The smallest absolute Gasteiger partial charge is 0.236 e. The Morgan fingerprint density at radius 1 is 1.47 bits per heavy atom. The highest BCUT2D eigenvalue weighted by Crippen LogP contribution is 1.97. The number of hydrogen-bond donors (Lipinski definition) is 2. The number of nitrogens with one attached hydrogen (secondary N) is 1. The summed E-state index contributed by atoms with van der Waals surface area (Å²) in [6.45, 7) is 6.75. The molecule has 1 atom stereocenters. The SMILES string of the molecule is CCCC[C@H](N)C(=O)NCCN(C)CC. The third-order valence-corrected chi connectivity index (χ3v) is 2.54. The Morgan fingerprint density at radius 2 is 2.13 bits per heavy atom. The maximum Gasteiger partial charge on any atom is 0.236 e. The van der Waals surface area contributed by atoms with Gasteiger partial charge in [-0.25, -0.2) is 0 Å². The van der Waals surface area contributed by atoms with Crippen LogP contribution < -0.4 is 11.1 Å². The Labute approximate surface area is 93.2 Å². The number of rotatable bonds is 8. The standard InChI is InChI=1S/C11H25N3O/c1-4-6-7-10(12)11(15)13-8-9-14(3)5-2/h10H,4-9,12H2,1-3H3,(H,13,15)/t10-/m0/s1. The first-order valence-corrected chi connectivity index (χ1v) is 5.83. The molecule has 0 aliphatic carbocycles. The summed E-state index contributed by atoms with van der Waals surface area (Å²) in [5, 5.41) is 2.85. The van der Waals surface area contributed by atoms with Crippen molar-refractivity contribution in [2.45, 2.75) is 39.2 Å². The first kappa shape index (κ1) is 14.4. The molecule has 0 saturated carbocycles. The van der Waals surface area contributed by atoms with Gasteiger partial charge in [0.05, 0.1) is 6.04 Å². The minimum absolute atomic E-state index is 0.0204. The first-order chi connectivity index (χ1) is 7.11. The predicted molar refractivity (Wildman–Crippen MR) is 63.7 cm³/mol. The van der Waals surface area contributed by atoms with Crippen LogP contribution in [-0.2, 0) is 4.79 Å². The molecule has 0 aromatic carbocycles. The van der Waals surface area contributed by atoms with E-state index in [4.69, 9.17) is 5.73 Å². The van der Waals surface area contributed by atoms with E-state index in [2.05, 4.69) is 24.1 Å². The molecule has 0 aliphatic heterocycles. The van der Waals surface area contributed by atoms with Crippen molar-refractivity contribution in [2.24, 2.45) is 5.73 Å². The van der Waals surface area contributed by atoms with Crippen LogP contribution in [0.15, 0.2) is 0 Å². The summed E-state index contributed by atoms with van der Waals surface area (Å²) in [5.41, 5.74) is 5.73. The Bertz CT molecular complexity index is 173. The van der Waals surface area contributed by atoms with Gasteiger partial charge in [-0.2, -0.15) is 0 Å². The first-order valence-electron chi connectivity index (χ1n) is 5.83. The third-order valence-electron chi connectivity index (χ3n) is 2.54. The number of amides is 1. The maximum atomic E-state index is 11.5. The molecule has 0 spiro atoms. The lowest BCUT2D eigenvalue weighted by Crippen LogP contribution is -2.43. The van der Waals surface area contributed by atoms with E-state index in [9.17, 15) is 4.79 Å². The topological polar surface area (TPSA) is 58.4 Å². The molecule has 0 radical (unpaired) electrons. The van der Waals surface area contributed by atoms with E-state index in [-0.39, 0.29) is 11.9 Å². The van der Waals surface area contributed by atoms with Crippen molar-refractivity contribution in [3.63, 3.8) is 0 Å². The summed E-state index contributed by atoms with van der Waals surface area (Å²) in [5.74, 6) is -0.0204. The van der Waals surface area contributed by atoms with Crippen LogP contribution in [0.3, 0.4) is 0 Å². The fourth-order valence-corrected chi connectivity index (χ4v) is 1.21. The normalized spacial score (nSPS) is 12.9. The van der Waals surface area contributed by atoms with Crippen LogP contribution in [0.2, 0.25) is 0 Å². The summed E-state index contributed by atoms with van der Waals surface area (Å²) in [7, 11) is 2.03. The monoisotopic (exact) mass is 215 g/mol. The fourth-order valence-electron chi connectivity index (χ4n) is 1.21. The lowest BCUT2D eigenvalue weighted by Gasteiger charge is -2.16. The van der Waals surface area contributed by atoms with Crippen molar-refractivity contribution < 1.29 is 4.79 Å². The Morgan fingerprint density at radius 3 is 2.67 bits per heavy atom. The van der Waals surface area contributed by atoms with Crippen molar-refractivity contribution in [3.05, 3.63) is 0 Å². The minimum Gasteiger partial charge on any atom is -0.353 e. The van der Waals surface area contributed by atoms with Gasteiger partial charge in [0.2, 0.25) is 5.91 Å². The highest BCUT2D eigenvalue weighted by molar-refractivity contribution is 5.81. The summed E-state index contributed by atoms with van der Waals surface area (Å²) < 4.78 is 0. The molecule has 0 heterocycles. The van der Waals surface area contributed by atoms with Gasteiger partial charge < -0.3 is 16.0 Å². The van der Waals surface area contributed by atoms with Crippen LogP contribution in [0.25, 0.3) is 0 Å². The van der Waals surface area contributed by atoms with Crippen molar-refractivity contribution in [2.75, 3.05) is 26.7 Å². The van der Waals surface area contributed by atoms with Crippen molar-refractivity contribution in [1.82, 2.24) is 10.2 Å². The summed E-state index contributed by atoms with van der Waals surface area (Å²) in [6, 6.07) is -0.336. The second-order valence-corrected chi connectivity index (χ2v) is 3.94. The van der Waals surface area contributed by atoms with Gasteiger partial charge in [0.15, 0.2) is 0 Å². The molecule has 0 saturated heterocycles. The number of likely N-dealkylation sites (N-methyl/N-ethyl adjacent to an activating group) is 1. The summed E-state index contributed by atoms with van der Waals surface area (Å²) in [4.78, 5) is 13.6. The summed E-state index contributed by atoms with van der Waals surface area (Å²) in [6.07, 6.45) is 2.88. The zero-order valence-electron chi connectivity index (χ0n) is 10.3. The van der Waals surface area contributed by atoms with Gasteiger partial charge in [-0.1, -0.05) is 26.7 Å². The van der Waals surface area contributed by atoms with Crippen molar-refractivity contribution >= 4 is 5.91 Å². The third kappa shape index (κ3) is 7.33. The van der Waals surface area contributed by atoms with Gasteiger partial charge in [0.1, 0.15) is 0 Å². The van der Waals surface area contributed by atoms with Crippen LogP contribution in [0.4, 0.5) is 0 Å². The molecule has 4 nitrogen and oxygen atoms in total. The molecule has 90 valence electrons. The predicted octanol–water partition coefficient (Wildman–Crippen LogP) is 0.572. The van der Waals surface area contributed by atoms with E-state index in [0.29, 0.717) is 6.54 Å². The highest BCUT2D eigenvalue weighted by Gasteiger charge is 2.11. The van der Waals surface area contributed by atoms with Crippen LogP contribution >= 0.6 is 0 Å². The lowest BCUT2D eigenvalue weighted by molar-refractivity contribution is -0.122. The molecular weight excluding hydrogens is 190 g/mol. The molecular formula is C11H25N3O. The summed E-state index contributed by atoms with van der Waals surface area (Å²) >= 11 is 0. The zero-order chi connectivity index (χ0) is 11.7. The lowest BCUT2D eigenvalue weighted by atomic mass is 10.1. The molecule has 15 heavy (non-hydrogen) atoms. The van der Waals surface area contributed by atoms with Crippen molar-refractivity contribution in [3.8, 4) is 0 Å². The van der Waals surface area contributed by atoms with E-state index in [0.717, 1.165) is 32.4 Å². The molecule has 3 N–H and O–H groups in total. The number of hydrogen-bond acceptors (Lipinski definition) is 3. The van der Waals surface area contributed by atoms with Gasteiger partial charge in [-0.3, -0.25) is 4.79 Å². The maximum absolute atomic E-state index is 11.5. The van der Waals surface area contributed by atoms with E-state index < -0.39 is 0 Å². The molecule has 0 unspecified atom stereocenters. The molecule has 0 aliphatic rings. The number of carbonyl (C=O) groups excluding carboxylic acids is 1. The van der Waals surface area contributed by atoms with Gasteiger partial charge in [0, 0.05) is 13.1 Å². The van der Waals surface area contributed by atoms with Crippen LogP contribution in [-0.4, -0.2) is 43.5 Å². The van der Waals surface area contributed by atoms with E-state index >= 15 is 0 Å². The molecule has 0 rings (SSSR count).